The molecule has 0 aliphatic carbocycles. The third-order valence-corrected chi connectivity index (χ3v) is 10.3. The maximum Gasteiger partial charge on any atom is 0.405 e. The average Bonchev–Trinajstić information content (AvgIpc) is 3.69. The summed E-state index contributed by atoms with van der Waals surface area (Å²) in [4.78, 5) is 0. The largest absolute Gasteiger partial charge is 0.405 e. The second kappa shape index (κ2) is 23.3. The Kier molecular flexibility index (Phi) is 19.7. The lowest BCUT2D eigenvalue weighted by Crippen LogP contribution is -2.22. The van der Waals surface area contributed by atoms with Crippen LogP contribution in [0.2, 0.25) is 20.1 Å². The van der Waals surface area contributed by atoms with Crippen molar-refractivity contribution in [3.63, 3.8) is 0 Å². The van der Waals surface area contributed by atoms with Gasteiger partial charge >= 0.3 is 18.5 Å². The Morgan fingerprint density at radius 2 is 0.922 bits per heavy atom. The molecule has 0 bridgehead atoms. The Hall–Kier alpha value is -4.21. The molecular formula is C40H36Br2Cl4F9N7O2. The number of rotatable bonds is 8. The summed E-state index contributed by atoms with van der Waals surface area (Å²) in [5, 5.41) is 15.5. The van der Waals surface area contributed by atoms with Crippen molar-refractivity contribution in [1.29, 1.82) is 0 Å². The molecule has 0 atom stereocenters. The maximum atomic E-state index is 12.2. The molecule has 7 N–H and O–H groups in total. The normalized spacial score (nSPS) is 11.4. The Labute approximate surface area is 397 Å². The lowest BCUT2D eigenvalue weighted by atomic mass is 10.0. The zero-order valence-corrected chi connectivity index (χ0v) is 39.7. The topological polar surface area (TPSA) is 140 Å². The van der Waals surface area contributed by atoms with Gasteiger partial charge in [0.25, 0.3) is 0 Å². The van der Waals surface area contributed by atoms with Crippen molar-refractivity contribution in [2.45, 2.75) is 46.2 Å². The molecule has 348 valence electrons. The van der Waals surface area contributed by atoms with Gasteiger partial charge in [0.2, 0.25) is 0 Å². The molecule has 24 heteroatoms. The van der Waals surface area contributed by atoms with Crippen LogP contribution in [0.15, 0.2) is 84.7 Å². The SMILES string of the molecule is Cc1noc(C)c1-c1cc(N)c(NCC(F)(F)F)c(Cl)c1.Cc1noc(C)c1-c1ccc(NCC(F)(F)F)c(Cl)c1.FC(F)(F)CNc1ccc(Br)cc1Cl.Nc1ccc(Br)cc1Cl. The Balaban J connectivity index is 0.000000236. The van der Waals surface area contributed by atoms with Crippen molar-refractivity contribution in [1.82, 2.24) is 10.3 Å². The summed E-state index contributed by atoms with van der Waals surface area (Å²) in [7, 11) is 0. The standard InChI is InChI=1S/C13H13ClF3N3O.C13H12ClF3N2O.C8H6BrClF3N.C6H5BrClN/c1-6-11(7(2)21-20-6)8-3-9(14)12(10(18)4-8)19-5-13(15,16)17;1-7-12(8(2)20-19-7)9-3-4-11(10(14)5-9)18-6-13(15,16)17;9-5-1-2-7(6(10)3-5)14-4-8(11,12)13;7-4-1-2-6(9)5(8)3-4/h3-4,19H,5,18H2,1-2H3;3-5,18H,6H2,1-2H3;1-3,14H,4H2;1-3H,9H2. The number of anilines is 5. The number of hydrogen-bond donors (Lipinski definition) is 5. The summed E-state index contributed by atoms with van der Waals surface area (Å²) in [5.74, 6) is 1.22. The minimum atomic E-state index is -4.35. The van der Waals surface area contributed by atoms with Crippen LogP contribution in [0.5, 0.6) is 0 Å². The van der Waals surface area contributed by atoms with E-state index < -0.39 is 38.2 Å². The number of alkyl halides is 9. The van der Waals surface area contributed by atoms with Crippen molar-refractivity contribution in [3.8, 4) is 22.3 Å². The van der Waals surface area contributed by atoms with Gasteiger partial charge in [0, 0.05) is 20.1 Å². The maximum absolute atomic E-state index is 12.2. The van der Waals surface area contributed by atoms with Gasteiger partial charge in [-0.15, -0.1) is 0 Å². The molecule has 0 saturated heterocycles. The summed E-state index contributed by atoms with van der Waals surface area (Å²) in [5.41, 5.74) is 16.8. The van der Waals surface area contributed by atoms with E-state index in [1.165, 1.54) is 30.3 Å². The van der Waals surface area contributed by atoms with Gasteiger partial charge in [-0.05, 0) is 99.5 Å². The molecule has 0 saturated carbocycles. The van der Waals surface area contributed by atoms with Gasteiger partial charge in [0.05, 0.1) is 59.9 Å². The van der Waals surface area contributed by atoms with E-state index in [-0.39, 0.29) is 37.8 Å². The first kappa shape index (κ1) is 54.1. The predicted molar refractivity (Wildman–Crippen MR) is 244 cm³/mol. The fourth-order valence-corrected chi connectivity index (χ4v) is 7.23. The van der Waals surface area contributed by atoms with E-state index in [1.807, 2.05) is 6.07 Å². The first-order valence-corrected chi connectivity index (χ1v) is 21.0. The summed E-state index contributed by atoms with van der Waals surface area (Å²) in [6.45, 7) is 3.61. The van der Waals surface area contributed by atoms with Gasteiger partial charge in [-0.25, -0.2) is 0 Å². The summed E-state index contributed by atoms with van der Waals surface area (Å²) >= 11 is 29.8. The van der Waals surface area contributed by atoms with Crippen LogP contribution in [0.1, 0.15) is 22.9 Å². The summed E-state index contributed by atoms with van der Waals surface area (Å²) in [6.07, 6.45) is -12.9. The van der Waals surface area contributed by atoms with E-state index >= 15 is 0 Å². The molecule has 0 aliphatic heterocycles. The Bertz CT molecular complexity index is 2440. The third kappa shape index (κ3) is 17.6. The van der Waals surface area contributed by atoms with E-state index in [4.69, 9.17) is 66.9 Å². The highest BCUT2D eigenvalue weighted by Gasteiger charge is 2.29. The fraction of sp³-hybridized carbons (Fsp3) is 0.250. The molecule has 0 unspecified atom stereocenters. The van der Waals surface area contributed by atoms with E-state index in [9.17, 15) is 39.5 Å². The van der Waals surface area contributed by atoms with Crippen molar-refractivity contribution >= 4 is 107 Å². The van der Waals surface area contributed by atoms with Gasteiger partial charge in [-0.1, -0.05) is 94.6 Å². The van der Waals surface area contributed by atoms with Crippen LogP contribution < -0.4 is 27.4 Å². The van der Waals surface area contributed by atoms with Crippen molar-refractivity contribution in [2.24, 2.45) is 0 Å². The lowest BCUT2D eigenvalue weighted by Gasteiger charge is -2.14. The molecule has 0 amide bonds. The van der Waals surface area contributed by atoms with Gasteiger partial charge in [0.1, 0.15) is 31.2 Å². The highest BCUT2D eigenvalue weighted by molar-refractivity contribution is 9.10. The average molecular weight is 1120 g/mol. The first-order chi connectivity index (χ1) is 29.5. The highest BCUT2D eigenvalue weighted by Crippen LogP contribution is 2.38. The van der Waals surface area contributed by atoms with E-state index in [0.717, 1.165) is 25.6 Å². The highest BCUT2D eigenvalue weighted by atomic mass is 79.9. The van der Waals surface area contributed by atoms with E-state index in [1.54, 1.807) is 58.0 Å². The molecule has 2 heterocycles. The first-order valence-electron chi connectivity index (χ1n) is 17.9. The lowest BCUT2D eigenvalue weighted by molar-refractivity contribution is -0.116. The smallest absolute Gasteiger partial charge is 0.398 e. The minimum Gasteiger partial charge on any atom is -0.398 e. The fourth-order valence-electron chi connectivity index (χ4n) is 5.28. The number of aryl methyl sites for hydroxylation is 4. The molecule has 4 aromatic carbocycles. The number of aromatic nitrogens is 2. The molecule has 0 spiro atoms. The molecule has 0 radical (unpaired) electrons. The number of nitrogen functional groups attached to an aromatic ring is 2. The number of nitrogens with one attached hydrogen (secondary N) is 3. The van der Waals surface area contributed by atoms with Crippen LogP contribution >= 0.6 is 78.3 Å². The molecule has 2 aromatic heterocycles. The number of nitrogens with zero attached hydrogens (tertiary/aromatic N) is 2. The van der Waals surface area contributed by atoms with Crippen LogP contribution in [-0.2, 0) is 0 Å². The Morgan fingerprint density at radius 1 is 0.516 bits per heavy atom. The molecule has 6 rings (SSSR count). The van der Waals surface area contributed by atoms with Gasteiger partial charge < -0.3 is 36.5 Å². The molecule has 64 heavy (non-hydrogen) atoms. The van der Waals surface area contributed by atoms with Gasteiger partial charge in [-0.3, -0.25) is 0 Å². The van der Waals surface area contributed by atoms with E-state index in [0.29, 0.717) is 39.2 Å². The zero-order chi connectivity index (χ0) is 48.3. The summed E-state index contributed by atoms with van der Waals surface area (Å²) < 4.78 is 120. The Morgan fingerprint density at radius 3 is 1.31 bits per heavy atom. The number of halogens is 15. The number of benzene rings is 4. The molecule has 9 nitrogen and oxygen atoms in total. The van der Waals surface area contributed by atoms with Crippen LogP contribution in [0.4, 0.5) is 68.0 Å². The van der Waals surface area contributed by atoms with Crippen LogP contribution in [0, 0.1) is 27.7 Å². The molecular weight excluding hydrogens is 1080 g/mol. The monoisotopic (exact) mass is 1110 g/mol. The van der Waals surface area contributed by atoms with Crippen molar-refractivity contribution in [3.05, 3.63) is 119 Å². The van der Waals surface area contributed by atoms with Crippen LogP contribution in [0.3, 0.4) is 0 Å². The van der Waals surface area contributed by atoms with Crippen molar-refractivity contribution < 1.29 is 48.6 Å². The van der Waals surface area contributed by atoms with Crippen molar-refractivity contribution in [2.75, 3.05) is 47.1 Å². The van der Waals surface area contributed by atoms with Crippen LogP contribution in [-0.4, -0.2) is 48.5 Å². The number of hydrogen-bond acceptors (Lipinski definition) is 9. The van der Waals surface area contributed by atoms with Gasteiger partial charge in [-0.2, -0.15) is 39.5 Å². The van der Waals surface area contributed by atoms with Gasteiger partial charge in [0.15, 0.2) is 0 Å². The molecule has 0 fully saturated rings. The zero-order valence-electron chi connectivity index (χ0n) is 33.5. The third-order valence-electron chi connectivity index (χ3n) is 8.05. The quantitative estimate of drug-likeness (QED) is 0.0744. The number of nitrogens with two attached hydrogens (primary N) is 2. The minimum absolute atomic E-state index is 0.0597. The molecule has 0 aliphatic rings. The summed E-state index contributed by atoms with van der Waals surface area (Å²) in [6, 6.07) is 17.8. The van der Waals surface area contributed by atoms with Crippen LogP contribution in [0.25, 0.3) is 22.3 Å². The van der Waals surface area contributed by atoms with E-state index in [2.05, 4.69) is 58.1 Å². The second-order valence-corrected chi connectivity index (χ2v) is 16.7. The predicted octanol–water partition coefficient (Wildman–Crippen LogP) is 15.5. The second-order valence-electron chi connectivity index (χ2n) is 13.2. The molecule has 6 aromatic rings.